The Morgan fingerprint density at radius 2 is 1.89 bits per heavy atom. The van der Waals surface area contributed by atoms with Crippen LogP contribution in [0.4, 0.5) is 4.79 Å². The maximum Gasteiger partial charge on any atom is 0.407 e. The molecule has 1 fully saturated rings. The SMILES string of the molecule is CCNC(=NCCN(C(C)C)C(C)C)N1CCC(NC(=O)OC(C)(C)C)C1. The van der Waals surface area contributed by atoms with E-state index in [4.69, 9.17) is 9.73 Å². The van der Waals surface area contributed by atoms with Gasteiger partial charge >= 0.3 is 6.09 Å². The smallest absolute Gasteiger partial charge is 0.407 e. The Balaban J connectivity index is 2.59. The van der Waals surface area contributed by atoms with Crippen LogP contribution in [-0.4, -0.2) is 78.3 Å². The number of nitrogens with zero attached hydrogens (tertiary/aromatic N) is 3. The number of hydrogen-bond donors (Lipinski definition) is 2. The summed E-state index contributed by atoms with van der Waals surface area (Å²) in [5.74, 6) is 0.929. The number of rotatable bonds is 7. The molecule has 0 radical (unpaired) electrons. The largest absolute Gasteiger partial charge is 0.444 e. The monoisotopic (exact) mass is 383 g/mol. The summed E-state index contributed by atoms with van der Waals surface area (Å²) < 4.78 is 5.36. The van der Waals surface area contributed by atoms with Crippen molar-refractivity contribution < 1.29 is 9.53 Å². The minimum Gasteiger partial charge on any atom is -0.444 e. The van der Waals surface area contributed by atoms with Crippen LogP contribution in [0.3, 0.4) is 0 Å². The van der Waals surface area contributed by atoms with Crippen molar-refractivity contribution in [3.8, 4) is 0 Å². The molecule has 1 unspecified atom stereocenters. The van der Waals surface area contributed by atoms with E-state index in [-0.39, 0.29) is 12.1 Å². The number of alkyl carbamates (subject to hydrolysis) is 1. The van der Waals surface area contributed by atoms with E-state index in [9.17, 15) is 4.79 Å². The minimum absolute atomic E-state index is 0.0894. The predicted octanol–water partition coefficient (Wildman–Crippen LogP) is 2.67. The molecule has 1 aliphatic heterocycles. The first-order valence-corrected chi connectivity index (χ1v) is 10.3. The van der Waals surface area contributed by atoms with E-state index in [0.717, 1.165) is 45.1 Å². The normalized spacial score (nSPS) is 18.6. The lowest BCUT2D eigenvalue weighted by molar-refractivity contribution is 0.0507. The van der Waals surface area contributed by atoms with E-state index >= 15 is 0 Å². The highest BCUT2D eigenvalue weighted by molar-refractivity contribution is 5.80. The van der Waals surface area contributed by atoms with Crippen molar-refractivity contribution in [2.45, 2.75) is 85.5 Å². The number of carbonyl (C=O) groups excluding carboxylic acids is 1. The highest BCUT2D eigenvalue weighted by Gasteiger charge is 2.27. The van der Waals surface area contributed by atoms with Gasteiger partial charge in [0.1, 0.15) is 5.60 Å². The average Bonchev–Trinajstić information content (AvgIpc) is 2.95. The Hall–Kier alpha value is -1.50. The van der Waals surface area contributed by atoms with E-state index < -0.39 is 5.60 Å². The van der Waals surface area contributed by atoms with Crippen molar-refractivity contribution in [1.82, 2.24) is 20.4 Å². The van der Waals surface area contributed by atoms with Crippen LogP contribution in [0.5, 0.6) is 0 Å². The molecule has 1 amide bonds. The number of carbonyl (C=O) groups is 1. The van der Waals surface area contributed by atoms with Gasteiger partial charge in [-0.1, -0.05) is 0 Å². The first-order chi connectivity index (χ1) is 12.5. The topological polar surface area (TPSA) is 69.2 Å². The Bertz CT molecular complexity index is 477. The fraction of sp³-hybridized carbons (Fsp3) is 0.900. The van der Waals surface area contributed by atoms with Gasteiger partial charge < -0.3 is 20.3 Å². The van der Waals surface area contributed by atoms with Gasteiger partial charge in [0.25, 0.3) is 0 Å². The molecule has 2 N–H and O–H groups in total. The highest BCUT2D eigenvalue weighted by Crippen LogP contribution is 2.12. The summed E-state index contributed by atoms with van der Waals surface area (Å²) in [4.78, 5) is 21.5. The van der Waals surface area contributed by atoms with Crippen molar-refractivity contribution >= 4 is 12.1 Å². The summed E-state index contributed by atoms with van der Waals surface area (Å²) >= 11 is 0. The molecule has 0 spiro atoms. The van der Waals surface area contributed by atoms with Crippen LogP contribution < -0.4 is 10.6 Å². The van der Waals surface area contributed by atoms with E-state index in [2.05, 4.69) is 55.1 Å². The van der Waals surface area contributed by atoms with Crippen molar-refractivity contribution in [3.63, 3.8) is 0 Å². The van der Waals surface area contributed by atoms with Gasteiger partial charge in [0, 0.05) is 38.3 Å². The van der Waals surface area contributed by atoms with Crippen LogP contribution in [0.2, 0.25) is 0 Å². The van der Waals surface area contributed by atoms with Gasteiger partial charge in [0.2, 0.25) is 0 Å². The first-order valence-electron chi connectivity index (χ1n) is 10.3. The lowest BCUT2D eigenvalue weighted by atomic mass is 10.2. The lowest BCUT2D eigenvalue weighted by Gasteiger charge is -2.30. The summed E-state index contributed by atoms with van der Waals surface area (Å²) in [6, 6.07) is 1.11. The van der Waals surface area contributed by atoms with E-state index in [1.54, 1.807) is 0 Å². The van der Waals surface area contributed by atoms with E-state index in [1.807, 2.05) is 20.8 Å². The van der Waals surface area contributed by atoms with E-state index in [1.165, 1.54) is 0 Å². The molecule has 0 aromatic heterocycles. The summed E-state index contributed by atoms with van der Waals surface area (Å²) in [5.41, 5.74) is -0.475. The molecule has 1 atom stereocenters. The Morgan fingerprint density at radius 1 is 1.26 bits per heavy atom. The summed E-state index contributed by atoms with van der Waals surface area (Å²) in [5, 5.41) is 6.36. The summed E-state index contributed by atoms with van der Waals surface area (Å²) in [7, 11) is 0. The van der Waals surface area contributed by atoms with Gasteiger partial charge in [0.15, 0.2) is 5.96 Å². The van der Waals surface area contributed by atoms with Crippen LogP contribution in [0, 0.1) is 0 Å². The van der Waals surface area contributed by atoms with Crippen molar-refractivity contribution in [1.29, 1.82) is 0 Å². The number of nitrogens with one attached hydrogen (secondary N) is 2. The third-order valence-corrected chi connectivity index (χ3v) is 4.49. The second-order valence-electron chi connectivity index (χ2n) is 8.74. The number of hydrogen-bond acceptors (Lipinski definition) is 4. The molecule has 1 aliphatic rings. The number of amides is 1. The molecule has 1 heterocycles. The van der Waals surface area contributed by atoms with Gasteiger partial charge in [-0.2, -0.15) is 0 Å². The van der Waals surface area contributed by atoms with Crippen molar-refractivity contribution in [3.05, 3.63) is 0 Å². The molecule has 0 aromatic rings. The van der Waals surface area contributed by atoms with Crippen LogP contribution in [-0.2, 0) is 4.74 Å². The predicted molar refractivity (Wildman–Crippen MR) is 112 cm³/mol. The quantitative estimate of drug-likeness (QED) is 0.522. The second-order valence-corrected chi connectivity index (χ2v) is 8.74. The van der Waals surface area contributed by atoms with Gasteiger partial charge in [-0.25, -0.2) is 4.79 Å². The van der Waals surface area contributed by atoms with Gasteiger partial charge in [0.05, 0.1) is 12.6 Å². The molecule has 1 rings (SSSR count). The number of aliphatic imine (C=N–C) groups is 1. The first kappa shape index (κ1) is 23.5. The standard InChI is InChI=1S/C20H41N5O2/c1-9-21-18(22-11-13-25(15(2)3)16(4)5)24-12-10-17(14-24)23-19(26)27-20(6,7)8/h15-17H,9-14H2,1-8H3,(H,21,22)(H,23,26). The molecule has 7 nitrogen and oxygen atoms in total. The fourth-order valence-electron chi connectivity index (χ4n) is 3.35. The Morgan fingerprint density at radius 3 is 2.41 bits per heavy atom. The van der Waals surface area contributed by atoms with Gasteiger partial charge in [-0.05, 0) is 61.8 Å². The maximum atomic E-state index is 12.0. The Kier molecular flexibility index (Phi) is 9.36. The molecule has 0 aromatic carbocycles. The zero-order valence-corrected chi connectivity index (χ0v) is 18.6. The molecule has 0 bridgehead atoms. The lowest BCUT2D eigenvalue weighted by Crippen LogP contribution is -2.44. The average molecular weight is 384 g/mol. The molecule has 0 saturated carbocycles. The third kappa shape index (κ3) is 8.82. The van der Waals surface area contributed by atoms with Crippen LogP contribution >= 0.6 is 0 Å². The zero-order chi connectivity index (χ0) is 20.6. The van der Waals surface area contributed by atoms with Gasteiger partial charge in [-0.3, -0.25) is 9.89 Å². The molecular weight excluding hydrogens is 342 g/mol. The molecular formula is C20H41N5O2. The van der Waals surface area contributed by atoms with Crippen molar-refractivity contribution in [2.24, 2.45) is 4.99 Å². The fourth-order valence-corrected chi connectivity index (χ4v) is 3.35. The summed E-state index contributed by atoms with van der Waals surface area (Å²) in [6.07, 6.45) is 0.550. The molecule has 0 aliphatic carbocycles. The minimum atomic E-state index is -0.475. The molecule has 7 heteroatoms. The summed E-state index contributed by atoms with van der Waals surface area (Å²) in [6.45, 7) is 20.8. The van der Waals surface area contributed by atoms with Crippen molar-refractivity contribution in [2.75, 3.05) is 32.7 Å². The van der Waals surface area contributed by atoms with Crippen LogP contribution in [0.15, 0.2) is 4.99 Å². The Labute approximate surface area is 165 Å². The molecule has 1 saturated heterocycles. The van der Waals surface area contributed by atoms with Crippen LogP contribution in [0.25, 0.3) is 0 Å². The number of ether oxygens (including phenoxy) is 1. The molecule has 27 heavy (non-hydrogen) atoms. The third-order valence-electron chi connectivity index (χ3n) is 4.49. The maximum absolute atomic E-state index is 12.0. The van der Waals surface area contributed by atoms with Gasteiger partial charge in [-0.15, -0.1) is 0 Å². The van der Waals surface area contributed by atoms with E-state index in [0.29, 0.717) is 12.1 Å². The second kappa shape index (κ2) is 10.7. The zero-order valence-electron chi connectivity index (χ0n) is 18.6. The number of likely N-dealkylation sites (tertiary alicyclic amines) is 1. The van der Waals surface area contributed by atoms with Crippen LogP contribution in [0.1, 0.15) is 61.8 Å². The number of guanidine groups is 1. The highest BCUT2D eigenvalue weighted by atomic mass is 16.6. The molecule has 158 valence electrons.